The molecule has 0 unspecified atom stereocenters. The second-order valence-electron chi connectivity index (χ2n) is 3.79. The molecule has 0 saturated heterocycles. The molecule has 6 nitrogen and oxygen atoms in total. The number of rotatable bonds is 4. The predicted molar refractivity (Wildman–Crippen MR) is 69.2 cm³/mol. The van der Waals surface area contributed by atoms with E-state index in [2.05, 4.69) is 15.3 Å². The van der Waals surface area contributed by atoms with Gasteiger partial charge in [0, 0.05) is 23.5 Å². The SMILES string of the molecule is Cc1csc(CNC(=O)c2ccncc2C(=O)O)n1. The maximum absolute atomic E-state index is 11.9. The summed E-state index contributed by atoms with van der Waals surface area (Å²) in [5, 5.41) is 14.3. The molecule has 2 rings (SSSR count). The van der Waals surface area contributed by atoms with Crippen LogP contribution in [0.1, 0.15) is 31.4 Å². The molecule has 19 heavy (non-hydrogen) atoms. The molecule has 2 heterocycles. The molecule has 0 aliphatic rings. The summed E-state index contributed by atoms with van der Waals surface area (Å²) in [5.41, 5.74) is 0.871. The van der Waals surface area contributed by atoms with Crippen molar-refractivity contribution >= 4 is 23.2 Å². The Morgan fingerprint density at radius 3 is 2.84 bits per heavy atom. The standard InChI is InChI=1S/C12H11N3O3S/c1-7-6-19-10(15-7)5-14-11(16)8-2-3-13-4-9(8)12(17)18/h2-4,6H,5H2,1H3,(H,14,16)(H,17,18). The number of nitrogens with one attached hydrogen (secondary N) is 1. The van der Waals surface area contributed by atoms with Crippen LogP contribution in [0, 0.1) is 6.92 Å². The third-order valence-electron chi connectivity index (χ3n) is 2.36. The number of aromatic carboxylic acids is 1. The molecule has 0 aliphatic heterocycles. The fraction of sp³-hybridized carbons (Fsp3) is 0.167. The van der Waals surface area contributed by atoms with Gasteiger partial charge in [-0.15, -0.1) is 11.3 Å². The summed E-state index contributed by atoms with van der Waals surface area (Å²) < 4.78 is 0. The summed E-state index contributed by atoms with van der Waals surface area (Å²) >= 11 is 1.44. The summed E-state index contributed by atoms with van der Waals surface area (Å²) in [5.74, 6) is -1.63. The topological polar surface area (TPSA) is 92.2 Å². The number of carbonyl (C=O) groups excluding carboxylic acids is 1. The van der Waals surface area contributed by atoms with Gasteiger partial charge in [-0.1, -0.05) is 0 Å². The number of aromatic nitrogens is 2. The van der Waals surface area contributed by atoms with Crippen LogP contribution < -0.4 is 5.32 Å². The van der Waals surface area contributed by atoms with Gasteiger partial charge in [-0.05, 0) is 13.0 Å². The Morgan fingerprint density at radius 1 is 1.42 bits per heavy atom. The van der Waals surface area contributed by atoms with E-state index in [0.29, 0.717) is 0 Å². The van der Waals surface area contributed by atoms with E-state index in [0.717, 1.165) is 16.9 Å². The van der Waals surface area contributed by atoms with Crippen LogP contribution in [0.5, 0.6) is 0 Å². The average molecular weight is 277 g/mol. The highest BCUT2D eigenvalue weighted by atomic mass is 32.1. The quantitative estimate of drug-likeness (QED) is 0.883. The van der Waals surface area contributed by atoms with Gasteiger partial charge in [0.05, 0.1) is 17.7 Å². The maximum Gasteiger partial charge on any atom is 0.338 e. The van der Waals surface area contributed by atoms with E-state index in [1.165, 1.54) is 23.6 Å². The Kier molecular flexibility index (Phi) is 3.86. The molecule has 0 radical (unpaired) electrons. The van der Waals surface area contributed by atoms with Crippen LogP contribution in [0.2, 0.25) is 0 Å². The van der Waals surface area contributed by atoms with Crippen molar-refractivity contribution in [2.75, 3.05) is 0 Å². The molecule has 0 bridgehead atoms. The van der Waals surface area contributed by atoms with Crippen LogP contribution in [-0.4, -0.2) is 27.0 Å². The van der Waals surface area contributed by atoms with Crippen molar-refractivity contribution in [3.05, 3.63) is 45.7 Å². The van der Waals surface area contributed by atoms with Crippen LogP contribution in [0.3, 0.4) is 0 Å². The van der Waals surface area contributed by atoms with Crippen LogP contribution >= 0.6 is 11.3 Å². The van der Waals surface area contributed by atoms with Gasteiger partial charge in [-0.25, -0.2) is 9.78 Å². The monoisotopic (exact) mass is 277 g/mol. The second-order valence-corrected chi connectivity index (χ2v) is 4.73. The van der Waals surface area contributed by atoms with Crippen LogP contribution in [0.25, 0.3) is 0 Å². The summed E-state index contributed by atoms with van der Waals surface area (Å²) in [6.45, 7) is 2.14. The summed E-state index contributed by atoms with van der Waals surface area (Å²) in [6, 6.07) is 1.38. The van der Waals surface area contributed by atoms with Gasteiger partial charge in [0.15, 0.2) is 0 Å². The zero-order valence-corrected chi connectivity index (χ0v) is 10.9. The predicted octanol–water partition coefficient (Wildman–Crippen LogP) is 1.47. The number of carboxylic acid groups (broad SMARTS) is 1. The lowest BCUT2D eigenvalue weighted by molar-refractivity contribution is 0.0690. The molecule has 0 fully saturated rings. The number of thiazole rings is 1. The van der Waals surface area contributed by atoms with E-state index in [1.54, 1.807) is 0 Å². The number of amides is 1. The third-order valence-corrected chi connectivity index (χ3v) is 3.33. The Morgan fingerprint density at radius 2 is 2.21 bits per heavy atom. The first-order valence-corrected chi connectivity index (χ1v) is 6.32. The van der Waals surface area contributed by atoms with E-state index in [-0.39, 0.29) is 17.7 Å². The van der Waals surface area contributed by atoms with Crippen molar-refractivity contribution in [2.45, 2.75) is 13.5 Å². The van der Waals surface area contributed by atoms with Gasteiger partial charge in [0.1, 0.15) is 5.01 Å². The van der Waals surface area contributed by atoms with Gasteiger partial charge in [-0.3, -0.25) is 9.78 Å². The zero-order chi connectivity index (χ0) is 13.8. The minimum atomic E-state index is -1.18. The number of nitrogens with zero attached hydrogens (tertiary/aromatic N) is 2. The fourth-order valence-electron chi connectivity index (χ4n) is 1.50. The molecule has 7 heteroatoms. The summed E-state index contributed by atoms with van der Waals surface area (Å²) in [6.07, 6.45) is 2.54. The van der Waals surface area contributed by atoms with Crippen LogP contribution in [0.15, 0.2) is 23.8 Å². The molecule has 0 saturated carbocycles. The van der Waals surface area contributed by atoms with Crippen LogP contribution in [-0.2, 0) is 6.54 Å². The van der Waals surface area contributed by atoms with Gasteiger partial charge >= 0.3 is 5.97 Å². The molecule has 2 aromatic heterocycles. The first-order chi connectivity index (χ1) is 9.08. The fourth-order valence-corrected chi connectivity index (χ4v) is 2.21. The zero-order valence-electron chi connectivity index (χ0n) is 10.1. The molecular formula is C12H11N3O3S. The van der Waals surface area contributed by atoms with E-state index in [4.69, 9.17) is 5.11 Å². The Hall–Kier alpha value is -2.28. The van der Waals surface area contributed by atoms with Crippen molar-refractivity contribution in [2.24, 2.45) is 0 Å². The molecular weight excluding hydrogens is 266 g/mol. The first kappa shape index (κ1) is 13.2. The highest BCUT2D eigenvalue weighted by Gasteiger charge is 2.16. The number of carbonyl (C=O) groups is 2. The number of hydrogen-bond acceptors (Lipinski definition) is 5. The Balaban J connectivity index is 2.10. The number of carboxylic acids is 1. The highest BCUT2D eigenvalue weighted by molar-refractivity contribution is 7.09. The number of hydrogen-bond donors (Lipinski definition) is 2. The van der Waals surface area contributed by atoms with Crippen molar-refractivity contribution in [1.29, 1.82) is 0 Å². The molecule has 0 spiro atoms. The van der Waals surface area contributed by atoms with Gasteiger partial charge in [0.25, 0.3) is 5.91 Å². The molecule has 0 atom stereocenters. The van der Waals surface area contributed by atoms with E-state index >= 15 is 0 Å². The minimum absolute atomic E-state index is 0.0933. The number of pyridine rings is 1. The molecule has 0 aromatic carbocycles. The minimum Gasteiger partial charge on any atom is -0.478 e. The molecule has 1 amide bonds. The van der Waals surface area contributed by atoms with Crippen molar-refractivity contribution < 1.29 is 14.7 Å². The molecule has 0 aliphatic carbocycles. The highest BCUT2D eigenvalue weighted by Crippen LogP contribution is 2.10. The molecule has 2 N–H and O–H groups in total. The van der Waals surface area contributed by atoms with Crippen molar-refractivity contribution in [3.63, 3.8) is 0 Å². The van der Waals surface area contributed by atoms with Gasteiger partial charge < -0.3 is 10.4 Å². The smallest absolute Gasteiger partial charge is 0.338 e. The normalized spacial score (nSPS) is 10.2. The maximum atomic E-state index is 11.9. The Bertz CT molecular complexity index is 624. The lowest BCUT2D eigenvalue weighted by Gasteiger charge is -2.05. The second kappa shape index (κ2) is 5.57. The largest absolute Gasteiger partial charge is 0.478 e. The molecule has 98 valence electrons. The van der Waals surface area contributed by atoms with Gasteiger partial charge in [0.2, 0.25) is 0 Å². The summed E-state index contributed by atoms with van der Waals surface area (Å²) in [4.78, 5) is 30.8. The lowest BCUT2D eigenvalue weighted by Crippen LogP contribution is -2.25. The third kappa shape index (κ3) is 3.14. The van der Waals surface area contributed by atoms with Crippen molar-refractivity contribution in [3.8, 4) is 0 Å². The van der Waals surface area contributed by atoms with Gasteiger partial charge in [-0.2, -0.15) is 0 Å². The van der Waals surface area contributed by atoms with E-state index in [1.807, 2.05) is 12.3 Å². The lowest BCUT2D eigenvalue weighted by atomic mass is 10.1. The van der Waals surface area contributed by atoms with E-state index in [9.17, 15) is 9.59 Å². The summed E-state index contributed by atoms with van der Waals surface area (Å²) in [7, 11) is 0. The number of aryl methyl sites for hydroxylation is 1. The average Bonchev–Trinajstić information content (AvgIpc) is 2.81. The van der Waals surface area contributed by atoms with E-state index < -0.39 is 11.9 Å². The molecule has 2 aromatic rings. The Labute approximate surface area is 113 Å². The van der Waals surface area contributed by atoms with Crippen LogP contribution in [0.4, 0.5) is 0 Å². The van der Waals surface area contributed by atoms with Crippen molar-refractivity contribution in [1.82, 2.24) is 15.3 Å². The first-order valence-electron chi connectivity index (χ1n) is 5.44.